The number of hydrogen-bond acceptors (Lipinski definition) is 14. The highest BCUT2D eigenvalue weighted by Crippen LogP contribution is 2.39. The summed E-state index contributed by atoms with van der Waals surface area (Å²) in [5.74, 6) is 1.22. The van der Waals surface area contributed by atoms with Gasteiger partial charge in [-0.3, -0.25) is 14.4 Å². The number of aromatic nitrogens is 3. The van der Waals surface area contributed by atoms with E-state index in [0.717, 1.165) is 51.6 Å². The van der Waals surface area contributed by atoms with Gasteiger partial charge in [-0.25, -0.2) is 4.79 Å². The van der Waals surface area contributed by atoms with Gasteiger partial charge in [0.2, 0.25) is 5.91 Å². The molecule has 3 heterocycles. The Labute approximate surface area is 383 Å². The first-order chi connectivity index (χ1) is 31.2. The summed E-state index contributed by atoms with van der Waals surface area (Å²) in [5, 5.41) is 24.3. The van der Waals surface area contributed by atoms with Gasteiger partial charge in [0.15, 0.2) is 5.82 Å². The van der Waals surface area contributed by atoms with E-state index >= 15 is 0 Å². The van der Waals surface area contributed by atoms with Gasteiger partial charge in [0.1, 0.15) is 16.9 Å². The van der Waals surface area contributed by atoms with Gasteiger partial charge in [-0.1, -0.05) is 35.9 Å². The standard InChI is InChI=1S/C45H61ClN6O11S/c1-32-33(2)64-44-41(32)42(36-8-10-37(46)11-9-36)49-39(43-51-50-34(3)52(43)44)31-40(53)48-38-12-6-35(7-13-38)5-4-15-56-17-19-58-21-23-60-25-27-62-29-30-63-28-26-61-24-22-59-20-18-57-16-14-47-45(54)55/h6-13,39,47H,4-5,14-31H2,1-3H3,(H,48,53)(H,54,55)/t39-/m0/s1. The smallest absolute Gasteiger partial charge is 0.404 e. The molecule has 0 saturated carbocycles. The van der Waals surface area contributed by atoms with E-state index in [1.54, 1.807) is 11.3 Å². The summed E-state index contributed by atoms with van der Waals surface area (Å²) >= 11 is 7.92. The number of anilines is 1. The number of benzene rings is 2. The third kappa shape index (κ3) is 17.2. The van der Waals surface area contributed by atoms with Gasteiger partial charge >= 0.3 is 6.09 Å². The van der Waals surface area contributed by atoms with E-state index in [2.05, 4.69) is 34.7 Å². The van der Waals surface area contributed by atoms with Crippen LogP contribution in [0.25, 0.3) is 5.00 Å². The summed E-state index contributed by atoms with van der Waals surface area (Å²) in [7, 11) is 0. The lowest BCUT2D eigenvalue weighted by Crippen LogP contribution is -2.25. The number of ether oxygens (including phenoxy) is 8. The molecule has 4 aromatic rings. The quantitative estimate of drug-likeness (QED) is 0.0472. The second-order valence-electron chi connectivity index (χ2n) is 14.6. The number of rotatable bonds is 32. The van der Waals surface area contributed by atoms with Crippen molar-refractivity contribution < 1.29 is 52.6 Å². The van der Waals surface area contributed by atoms with E-state index in [0.29, 0.717) is 122 Å². The van der Waals surface area contributed by atoms with Gasteiger partial charge in [0.25, 0.3) is 0 Å². The van der Waals surface area contributed by atoms with Crippen LogP contribution in [0.5, 0.6) is 0 Å². The van der Waals surface area contributed by atoms with Crippen molar-refractivity contribution in [1.29, 1.82) is 0 Å². The van der Waals surface area contributed by atoms with Gasteiger partial charge < -0.3 is 53.6 Å². The normalized spacial score (nSPS) is 13.3. The van der Waals surface area contributed by atoms with E-state index in [-0.39, 0.29) is 18.9 Å². The highest BCUT2D eigenvalue weighted by atomic mass is 35.5. The molecule has 2 aromatic heterocycles. The fourth-order valence-corrected chi connectivity index (χ4v) is 7.86. The topological polar surface area (TPSA) is 195 Å². The maximum absolute atomic E-state index is 13.5. The Hall–Kier alpha value is -4.34. The third-order valence-electron chi connectivity index (χ3n) is 9.85. The molecule has 0 unspecified atom stereocenters. The summed E-state index contributed by atoms with van der Waals surface area (Å²) in [5.41, 5.74) is 5.78. The summed E-state index contributed by atoms with van der Waals surface area (Å²) in [6.07, 6.45) is 0.743. The molecule has 2 amide bonds. The molecular formula is C45H61ClN6O11S. The van der Waals surface area contributed by atoms with Crippen LogP contribution >= 0.6 is 22.9 Å². The summed E-state index contributed by atoms with van der Waals surface area (Å²) in [6, 6.07) is 15.0. The molecule has 3 N–H and O–H groups in total. The number of halogens is 1. The van der Waals surface area contributed by atoms with Crippen LogP contribution in [0.2, 0.25) is 5.02 Å². The van der Waals surface area contributed by atoms with Crippen molar-refractivity contribution in [3.8, 4) is 5.00 Å². The number of thiophene rings is 1. The summed E-state index contributed by atoms with van der Waals surface area (Å²) in [4.78, 5) is 30.2. The van der Waals surface area contributed by atoms with Crippen LogP contribution in [0.1, 0.15) is 57.7 Å². The first kappa shape index (κ1) is 50.7. The molecular weight excluding hydrogens is 868 g/mol. The number of hydrogen-bond donors (Lipinski definition) is 3. The van der Waals surface area contributed by atoms with Crippen molar-refractivity contribution in [3.63, 3.8) is 0 Å². The van der Waals surface area contributed by atoms with Crippen molar-refractivity contribution in [1.82, 2.24) is 20.1 Å². The van der Waals surface area contributed by atoms with Gasteiger partial charge in [-0.05, 0) is 69.0 Å². The summed E-state index contributed by atoms with van der Waals surface area (Å²) < 4.78 is 46.0. The molecule has 0 bridgehead atoms. The fraction of sp³-hybridized carbons (Fsp3) is 0.533. The van der Waals surface area contributed by atoms with Gasteiger partial charge in [0.05, 0.1) is 111 Å². The van der Waals surface area contributed by atoms with Crippen molar-refractivity contribution >= 4 is 46.3 Å². The second-order valence-corrected chi connectivity index (χ2v) is 16.2. The third-order valence-corrected chi connectivity index (χ3v) is 11.3. The van der Waals surface area contributed by atoms with Crippen LogP contribution in [-0.2, 0) is 49.1 Å². The Morgan fingerprint density at radius 2 is 1.22 bits per heavy atom. The molecule has 64 heavy (non-hydrogen) atoms. The number of nitrogens with zero attached hydrogens (tertiary/aromatic N) is 4. The van der Waals surface area contributed by atoms with Crippen LogP contribution in [0.3, 0.4) is 0 Å². The van der Waals surface area contributed by atoms with E-state index in [4.69, 9.17) is 59.6 Å². The molecule has 0 fully saturated rings. The number of fused-ring (bicyclic) bond motifs is 3. The monoisotopic (exact) mass is 928 g/mol. The molecule has 1 atom stereocenters. The molecule has 5 rings (SSSR count). The summed E-state index contributed by atoms with van der Waals surface area (Å²) in [6.45, 7) is 13.8. The number of aliphatic imine (C=N–C) groups is 1. The van der Waals surface area contributed by atoms with Crippen LogP contribution in [0, 0.1) is 20.8 Å². The predicted octanol–water partition coefficient (Wildman–Crippen LogP) is 6.16. The lowest BCUT2D eigenvalue weighted by atomic mass is 9.99. The van der Waals surface area contributed by atoms with E-state index < -0.39 is 12.1 Å². The molecule has 2 aromatic carbocycles. The van der Waals surface area contributed by atoms with E-state index in [9.17, 15) is 9.59 Å². The van der Waals surface area contributed by atoms with Crippen LogP contribution in [-0.4, -0.2) is 150 Å². The minimum atomic E-state index is -1.07. The van der Waals surface area contributed by atoms with Crippen molar-refractivity contribution in [2.75, 3.05) is 118 Å². The fourth-order valence-electron chi connectivity index (χ4n) is 6.52. The van der Waals surface area contributed by atoms with Crippen molar-refractivity contribution in [2.45, 2.75) is 46.1 Å². The zero-order chi connectivity index (χ0) is 45.4. The first-order valence-corrected chi connectivity index (χ1v) is 22.7. The number of aryl methyl sites for hydroxylation is 3. The predicted molar refractivity (Wildman–Crippen MR) is 244 cm³/mol. The minimum Gasteiger partial charge on any atom is -0.465 e. The zero-order valence-corrected chi connectivity index (χ0v) is 38.5. The largest absolute Gasteiger partial charge is 0.465 e. The number of amides is 2. The van der Waals surface area contributed by atoms with Crippen molar-refractivity contribution in [3.05, 3.63) is 92.3 Å². The second kappa shape index (κ2) is 28.5. The minimum absolute atomic E-state index is 0.0987. The maximum atomic E-state index is 13.5. The van der Waals surface area contributed by atoms with Gasteiger partial charge in [-0.2, -0.15) is 0 Å². The number of carboxylic acid groups (broad SMARTS) is 1. The van der Waals surface area contributed by atoms with Crippen molar-refractivity contribution in [2.24, 2.45) is 4.99 Å². The van der Waals surface area contributed by atoms with E-state index in [1.807, 2.05) is 60.0 Å². The Morgan fingerprint density at radius 1 is 0.703 bits per heavy atom. The average Bonchev–Trinajstić information content (AvgIpc) is 3.76. The SMILES string of the molecule is Cc1sc2c(c1C)C(c1ccc(Cl)cc1)=N[C@@H](CC(=O)Nc1ccc(CCCOCCOCCOCCOCCOCCOCCOCCOCCNC(=O)O)cc1)c1nnc(C)n1-2. The number of carbonyl (C=O) groups excluding carboxylic acids is 1. The zero-order valence-electron chi connectivity index (χ0n) is 36.9. The Balaban J connectivity index is 0.856. The molecule has 0 saturated heterocycles. The number of nitrogens with one attached hydrogen (secondary N) is 2. The van der Waals surface area contributed by atoms with E-state index in [1.165, 1.54) is 4.88 Å². The molecule has 17 nitrogen and oxygen atoms in total. The Morgan fingerprint density at radius 3 is 1.75 bits per heavy atom. The lowest BCUT2D eigenvalue weighted by Gasteiger charge is -2.13. The van der Waals surface area contributed by atoms with Crippen LogP contribution < -0.4 is 10.6 Å². The highest BCUT2D eigenvalue weighted by molar-refractivity contribution is 7.15. The average molecular weight is 930 g/mol. The van der Waals surface area contributed by atoms with Crippen LogP contribution in [0.4, 0.5) is 10.5 Å². The highest BCUT2D eigenvalue weighted by Gasteiger charge is 2.32. The number of carbonyl (C=O) groups is 2. The molecule has 0 radical (unpaired) electrons. The molecule has 19 heteroatoms. The molecule has 1 aliphatic rings. The van der Waals surface area contributed by atoms with Gasteiger partial charge in [0, 0.05) is 39.9 Å². The molecule has 350 valence electrons. The lowest BCUT2D eigenvalue weighted by molar-refractivity contribution is -0.116. The molecule has 0 spiro atoms. The first-order valence-electron chi connectivity index (χ1n) is 21.5. The molecule has 0 aliphatic carbocycles. The Kier molecular flexibility index (Phi) is 22.6. The molecule has 1 aliphatic heterocycles. The van der Waals surface area contributed by atoms with Gasteiger partial charge in [-0.15, -0.1) is 21.5 Å². The Bertz CT molecular complexity index is 2030. The maximum Gasteiger partial charge on any atom is 0.404 e. The van der Waals surface area contributed by atoms with Crippen LogP contribution in [0.15, 0.2) is 53.5 Å².